The number of amides is 2. The predicted molar refractivity (Wildman–Crippen MR) is 124 cm³/mol. The van der Waals surface area contributed by atoms with E-state index in [0.717, 1.165) is 12.8 Å². The van der Waals surface area contributed by atoms with Crippen LogP contribution in [0.15, 0.2) is 46.8 Å². The first kappa shape index (κ1) is 23.6. The Kier molecular flexibility index (Phi) is 6.42. The molecule has 2 N–H and O–H groups in total. The van der Waals surface area contributed by atoms with Gasteiger partial charge in [0.25, 0.3) is 17.5 Å². The minimum absolute atomic E-state index is 0.0915. The maximum Gasteiger partial charge on any atom is 0.352 e. The molecular weight excluding hydrogens is 496 g/mol. The SMILES string of the molecule is Cn1nnnc1SCC1=C(C(=O)O)N2C(=O)C(NC(=O)COc3ccccc3)(OC3CC3)[C@H]2SC1. The number of carbonyl (C=O) groups excluding carboxylic acids is 2. The van der Waals surface area contributed by atoms with Crippen molar-refractivity contribution >= 4 is 41.3 Å². The molecule has 1 saturated carbocycles. The second kappa shape index (κ2) is 9.51. The molecule has 1 aliphatic carbocycles. The van der Waals surface area contributed by atoms with Gasteiger partial charge >= 0.3 is 5.97 Å². The zero-order chi connectivity index (χ0) is 24.6. The number of nitrogens with one attached hydrogen (secondary N) is 1. The molecule has 184 valence electrons. The average molecular weight is 519 g/mol. The highest BCUT2D eigenvalue weighted by atomic mass is 32.2. The van der Waals surface area contributed by atoms with E-state index >= 15 is 0 Å². The van der Waals surface area contributed by atoms with Crippen LogP contribution >= 0.6 is 23.5 Å². The van der Waals surface area contributed by atoms with Gasteiger partial charge < -0.3 is 19.9 Å². The van der Waals surface area contributed by atoms with E-state index in [2.05, 4.69) is 20.8 Å². The lowest BCUT2D eigenvalue weighted by atomic mass is 9.98. The lowest BCUT2D eigenvalue weighted by Crippen LogP contribution is -2.81. The van der Waals surface area contributed by atoms with E-state index in [1.807, 2.05) is 6.07 Å². The Morgan fingerprint density at radius 1 is 1.31 bits per heavy atom. The van der Waals surface area contributed by atoms with Crippen molar-refractivity contribution in [2.75, 3.05) is 18.1 Å². The smallest absolute Gasteiger partial charge is 0.352 e. The number of aromatic nitrogens is 4. The Morgan fingerprint density at radius 2 is 2.09 bits per heavy atom. The quantitative estimate of drug-likeness (QED) is 0.259. The van der Waals surface area contributed by atoms with Crippen molar-refractivity contribution in [3.8, 4) is 5.75 Å². The minimum Gasteiger partial charge on any atom is -0.484 e. The van der Waals surface area contributed by atoms with Crippen molar-refractivity contribution in [1.29, 1.82) is 0 Å². The molecule has 2 aromatic rings. The number of para-hydroxylation sites is 1. The Bertz CT molecular complexity index is 1190. The number of ether oxygens (including phenoxy) is 2. The summed E-state index contributed by atoms with van der Waals surface area (Å²) in [6, 6.07) is 8.84. The molecule has 14 heteroatoms. The number of nitrogens with zero attached hydrogens (tertiary/aromatic N) is 5. The number of carboxylic acids is 1. The summed E-state index contributed by atoms with van der Waals surface area (Å²) in [6.45, 7) is -0.306. The third kappa shape index (κ3) is 4.60. The maximum atomic E-state index is 13.4. The van der Waals surface area contributed by atoms with Crippen LogP contribution in [0.4, 0.5) is 0 Å². The molecule has 35 heavy (non-hydrogen) atoms. The van der Waals surface area contributed by atoms with Crippen LogP contribution < -0.4 is 10.1 Å². The largest absolute Gasteiger partial charge is 0.484 e. The lowest BCUT2D eigenvalue weighted by molar-refractivity contribution is -0.201. The van der Waals surface area contributed by atoms with Gasteiger partial charge in [0.15, 0.2) is 6.61 Å². The fourth-order valence-electron chi connectivity index (χ4n) is 3.81. The number of benzene rings is 1. The number of hydrogen-bond donors (Lipinski definition) is 2. The van der Waals surface area contributed by atoms with Crippen LogP contribution in [0.5, 0.6) is 5.75 Å². The Balaban J connectivity index is 1.33. The average Bonchev–Trinajstić information content (AvgIpc) is 3.58. The van der Waals surface area contributed by atoms with Crippen LogP contribution in [0.25, 0.3) is 0 Å². The fraction of sp³-hybridized carbons (Fsp3) is 0.429. The number of thioether (sulfide) groups is 2. The third-order valence-electron chi connectivity index (χ3n) is 5.58. The van der Waals surface area contributed by atoms with Crippen molar-refractivity contribution in [2.24, 2.45) is 7.05 Å². The number of β-lactam (4-membered cyclic amide) rings is 1. The number of fused-ring (bicyclic) bond motifs is 1. The summed E-state index contributed by atoms with van der Waals surface area (Å²) in [4.78, 5) is 39.6. The van der Waals surface area contributed by atoms with Crippen molar-refractivity contribution in [1.82, 2.24) is 30.4 Å². The summed E-state index contributed by atoms with van der Waals surface area (Å²) in [5, 5.41) is 23.7. The van der Waals surface area contributed by atoms with Gasteiger partial charge in [-0.05, 0) is 41.0 Å². The zero-order valence-electron chi connectivity index (χ0n) is 18.6. The molecule has 12 nitrogen and oxygen atoms in total. The van der Waals surface area contributed by atoms with Crippen molar-refractivity contribution in [3.63, 3.8) is 0 Å². The van der Waals surface area contributed by atoms with E-state index in [9.17, 15) is 19.5 Å². The van der Waals surface area contributed by atoms with Gasteiger partial charge in [-0.1, -0.05) is 30.0 Å². The fourth-order valence-corrected chi connectivity index (χ4v) is 6.19. The molecule has 0 radical (unpaired) electrons. The van der Waals surface area contributed by atoms with E-state index < -0.39 is 28.9 Å². The standard InChI is InChI=1S/C21H22N6O6S2/c1-26-20(23-24-25-26)35-11-12-10-34-19-21(33-14-7-8-14,18(31)27(19)16(12)17(29)30)22-15(28)9-32-13-5-3-2-4-6-13/h2-6,14,19H,7-11H2,1H3,(H,22,28)(H,29,30)/t19-,21?/m1/s1. The third-order valence-corrected chi connectivity index (χ3v) is 8.06. The van der Waals surface area contributed by atoms with Gasteiger partial charge in [-0.3, -0.25) is 14.5 Å². The van der Waals surface area contributed by atoms with Crippen LogP contribution in [0, 0.1) is 0 Å². The van der Waals surface area contributed by atoms with Gasteiger partial charge in [-0.15, -0.1) is 16.9 Å². The van der Waals surface area contributed by atoms with Gasteiger partial charge in [0.2, 0.25) is 5.16 Å². The van der Waals surface area contributed by atoms with Crippen molar-refractivity contribution < 1.29 is 29.0 Å². The summed E-state index contributed by atoms with van der Waals surface area (Å²) >= 11 is 2.63. The van der Waals surface area contributed by atoms with Crippen LogP contribution in [0.1, 0.15) is 12.8 Å². The van der Waals surface area contributed by atoms with Crippen LogP contribution in [0.2, 0.25) is 0 Å². The molecule has 2 atom stereocenters. The zero-order valence-corrected chi connectivity index (χ0v) is 20.3. The molecule has 0 bridgehead atoms. The highest BCUT2D eigenvalue weighted by Gasteiger charge is 2.68. The normalized spacial score (nSPS) is 23.5. The lowest BCUT2D eigenvalue weighted by Gasteiger charge is -2.56. The van der Waals surface area contributed by atoms with E-state index in [1.165, 1.54) is 33.1 Å². The van der Waals surface area contributed by atoms with E-state index in [0.29, 0.717) is 28.0 Å². The van der Waals surface area contributed by atoms with Crippen LogP contribution in [-0.2, 0) is 26.2 Å². The van der Waals surface area contributed by atoms with Crippen LogP contribution in [-0.4, -0.2) is 83.3 Å². The van der Waals surface area contributed by atoms with Crippen molar-refractivity contribution in [3.05, 3.63) is 41.6 Å². The molecule has 0 spiro atoms. The van der Waals surface area contributed by atoms with Crippen molar-refractivity contribution in [2.45, 2.75) is 35.2 Å². The molecule has 1 saturated heterocycles. The monoisotopic (exact) mass is 518 g/mol. The van der Waals surface area contributed by atoms with Gasteiger partial charge in [0.1, 0.15) is 16.8 Å². The van der Waals surface area contributed by atoms with E-state index in [4.69, 9.17) is 9.47 Å². The molecule has 2 aliphatic heterocycles. The number of carboxylic acid groups (broad SMARTS) is 1. The van der Waals surface area contributed by atoms with Gasteiger partial charge in [-0.25, -0.2) is 9.48 Å². The first-order valence-electron chi connectivity index (χ1n) is 10.8. The highest BCUT2D eigenvalue weighted by Crippen LogP contribution is 2.49. The summed E-state index contributed by atoms with van der Waals surface area (Å²) in [5.74, 6) is -1.18. The summed E-state index contributed by atoms with van der Waals surface area (Å²) in [5.41, 5.74) is -1.15. The molecule has 2 fully saturated rings. The summed E-state index contributed by atoms with van der Waals surface area (Å²) < 4.78 is 13.0. The van der Waals surface area contributed by atoms with Gasteiger partial charge in [0.05, 0.1) is 6.10 Å². The maximum absolute atomic E-state index is 13.4. The van der Waals surface area contributed by atoms with Crippen LogP contribution in [0.3, 0.4) is 0 Å². The molecule has 5 rings (SSSR count). The first-order chi connectivity index (χ1) is 16.9. The number of aryl methyl sites for hydroxylation is 1. The Labute approximate surface area is 208 Å². The molecule has 1 aromatic heterocycles. The summed E-state index contributed by atoms with van der Waals surface area (Å²) in [7, 11) is 1.69. The predicted octanol–water partition coefficient (Wildman–Crippen LogP) is 0.627. The molecule has 1 unspecified atom stereocenters. The molecule has 2 amide bonds. The van der Waals surface area contributed by atoms with Gasteiger partial charge in [0, 0.05) is 18.6 Å². The second-order valence-corrected chi connectivity index (χ2v) is 10.2. The Hall–Kier alpha value is -3.10. The highest BCUT2D eigenvalue weighted by molar-refractivity contribution is 8.01. The van der Waals surface area contributed by atoms with E-state index in [1.54, 1.807) is 31.3 Å². The number of carbonyl (C=O) groups is 3. The molecule has 3 aliphatic rings. The van der Waals surface area contributed by atoms with E-state index in [-0.39, 0.29) is 18.4 Å². The molecule has 3 heterocycles. The first-order valence-corrected chi connectivity index (χ1v) is 12.8. The molecular formula is C21H22N6O6S2. The molecule has 1 aromatic carbocycles. The number of rotatable bonds is 10. The minimum atomic E-state index is -1.63. The topological polar surface area (TPSA) is 149 Å². The van der Waals surface area contributed by atoms with Gasteiger partial charge in [-0.2, -0.15) is 0 Å². The number of tetrazole rings is 1. The number of aliphatic carboxylic acids is 1. The Morgan fingerprint density at radius 3 is 2.74 bits per heavy atom. The summed E-state index contributed by atoms with van der Waals surface area (Å²) in [6.07, 6.45) is 1.39. The number of hydrogen-bond acceptors (Lipinski definition) is 10. The second-order valence-electron chi connectivity index (χ2n) is 8.17.